The first-order valence-electron chi connectivity index (χ1n) is 13.1. The van der Waals surface area contributed by atoms with Crippen LogP contribution in [0.25, 0.3) is 10.1 Å². The third kappa shape index (κ3) is 5.12. The van der Waals surface area contributed by atoms with Crippen LogP contribution >= 0.6 is 11.3 Å². The normalized spacial score (nSPS) is 21.4. The van der Waals surface area contributed by atoms with Crippen LogP contribution in [0.4, 0.5) is 10.1 Å². The molecule has 196 valence electrons. The summed E-state index contributed by atoms with van der Waals surface area (Å²) in [4.78, 5) is 17.9. The molecule has 2 aromatic carbocycles. The van der Waals surface area contributed by atoms with Crippen molar-refractivity contribution in [1.82, 2.24) is 10.2 Å². The molecule has 0 aliphatic carbocycles. The first-order valence-corrected chi connectivity index (χ1v) is 13.9. The SMILES string of the molecule is O=C(NC(CN1CCCC1)C(O)c1cc(F)c2c(c1)OCCO2)C1CCN(c2ccc3ccsc3c2)C1. The number of anilines is 1. The molecule has 1 amide bonds. The number of likely N-dealkylation sites (tertiary alicyclic amines) is 1. The smallest absolute Gasteiger partial charge is 0.225 e. The van der Waals surface area contributed by atoms with E-state index in [9.17, 15) is 14.3 Å². The van der Waals surface area contributed by atoms with Crippen molar-refractivity contribution >= 4 is 33.0 Å². The number of hydrogen-bond donors (Lipinski definition) is 2. The number of rotatable bonds is 7. The van der Waals surface area contributed by atoms with Gasteiger partial charge in [-0.15, -0.1) is 11.3 Å². The van der Waals surface area contributed by atoms with E-state index in [4.69, 9.17) is 9.47 Å². The quantitative estimate of drug-likeness (QED) is 0.487. The number of benzene rings is 2. The third-order valence-corrected chi connectivity index (χ3v) is 8.57. The average Bonchev–Trinajstić information content (AvgIpc) is 3.69. The van der Waals surface area contributed by atoms with Crippen molar-refractivity contribution < 1.29 is 23.8 Å². The van der Waals surface area contributed by atoms with Gasteiger partial charge in [0.2, 0.25) is 5.91 Å². The molecule has 0 saturated carbocycles. The van der Waals surface area contributed by atoms with Crippen LogP contribution in [0.5, 0.6) is 11.5 Å². The topological polar surface area (TPSA) is 74.3 Å². The lowest BCUT2D eigenvalue weighted by atomic mass is 9.99. The van der Waals surface area contributed by atoms with Gasteiger partial charge in [-0.25, -0.2) is 4.39 Å². The van der Waals surface area contributed by atoms with Crippen LogP contribution in [0.2, 0.25) is 0 Å². The van der Waals surface area contributed by atoms with Gasteiger partial charge in [0.1, 0.15) is 19.3 Å². The number of ether oxygens (including phenoxy) is 2. The summed E-state index contributed by atoms with van der Waals surface area (Å²) in [7, 11) is 0. The number of nitrogens with zero attached hydrogens (tertiary/aromatic N) is 2. The monoisotopic (exact) mass is 525 g/mol. The summed E-state index contributed by atoms with van der Waals surface area (Å²) < 4.78 is 26.9. The van der Waals surface area contributed by atoms with Crippen LogP contribution in [0.15, 0.2) is 41.8 Å². The average molecular weight is 526 g/mol. The molecule has 3 aliphatic heterocycles. The standard InChI is InChI=1S/C28H32FN3O4S/c29-22-13-20(14-24-27(22)36-11-10-35-24)26(33)23(17-31-7-1-2-8-31)30-28(34)19-5-9-32(16-19)21-4-3-18-6-12-37-25(18)15-21/h3-4,6,12-15,19,23,26,33H,1-2,5,7-11,16-17H2,(H,30,34). The number of hydrogen-bond acceptors (Lipinski definition) is 7. The Labute approximate surface area is 219 Å². The van der Waals surface area contributed by atoms with Crippen LogP contribution in [0.1, 0.15) is 30.9 Å². The van der Waals surface area contributed by atoms with Crippen LogP contribution in [-0.2, 0) is 4.79 Å². The van der Waals surface area contributed by atoms with E-state index in [1.807, 2.05) is 0 Å². The first-order chi connectivity index (χ1) is 18.0. The molecule has 2 N–H and O–H groups in total. The van der Waals surface area contributed by atoms with Gasteiger partial charge in [0.15, 0.2) is 17.3 Å². The van der Waals surface area contributed by atoms with E-state index in [1.54, 1.807) is 17.4 Å². The van der Waals surface area contributed by atoms with Crippen molar-refractivity contribution in [3.8, 4) is 11.5 Å². The van der Waals surface area contributed by atoms with E-state index < -0.39 is 18.0 Å². The maximum Gasteiger partial charge on any atom is 0.225 e. The summed E-state index contributed by atoms with van der Waals surface area (Å²) in [6.45, 7) is 4.43. The van der Waals surface area contributed by atoms with E-state index in [0.717, 1.165) is 44.6 Å². The van der Waals surface area contributed by atoms with Crippen molar-refractivity contribution in [2.75, 3.05) is 50.8 Å². The van der Waals surface area contributed by atoms with Gasteiger partial charge < -0.3 is 29.7 Å². The minimum atomic E-state index is -1.08. The Morgan fingerprint density at radius 2 is 1.97 bits per heavy atom. The number of amides is 1. The van der Waals surface area contributed by atoms with Crippen LogP contribution in [0, 0.1) is 11.7 Å². The number of carbonyl (C=O) groups excluding carboxylic acids is 1. The fourth-order valence-corrected chi connectivity index (χ4v) is 6.47. The second kappa shape index (κ2) is 10.5. The molecular weight excluding hydrogens is 493 g/mol. The fourth-order valence-electron chi connectivity index (χ4n) is 5.65. The van der Waals surface area contributed by atoms with Gasteiger partial charge in [0.05, 0.1) is 12.0 Å². The summed E-state index contributed by atoms with van der Waals surface area (Å²) >= 11 is 1.72. The Balaban J connectivity index is 1.17. The van der Waals surface area contributed by atoms with Crippen molar-refractivity contribution in [3.63, 3.8) is 0 Å². The molecule has 2 fully saturated rings. The lowest BCUT2D eigenvalue weighted by Crippen LogP contribution is -2.48. The zero-order valence-corrected chi connectivity index (χ0v) is 21.5. The van der Waals surface area contributed by atoms with Gasteiger partial charge in [-0.2, -0.15) is 0 Å². The highest BCUT2D eigenvalue weighted by atomic mass is 32.1. The molecule has 0 bridgehead atoms. The molecule has 3 atom stereocenters. The van der Waals surface area contributed by atoms with E-state index in [1.165, 1.54) is 16.2 Å². The van der Waals surface area contributed by atoms with E-state index in [-0.39, 0.29) is 17.6 Å². The number of thiophene rings is 1. The molecule has 6 rings (SSSR count). The third-order valence-electron chi connectivity index (χ3n) is 7.69. The highest BCUT2D eigenvalue weighted by Gasteiger charge is 2.34. The van der Waals surface area contributed by atoms with Crippen LogP contribution < -0.4 is 19.7 Å². The number of aliphatic hydroxyl groups is 1. The molecule has 3 aliphatic rings. The Bertz CT molecular complexity index is 1280. The second-order valence-corrected chi connectivity index (χ2v) is 11.1. The molecule has 1 aromatic heterocycles. The fraction of sp³-hybridized carbons (Fsp3) is 0.464. The highest BCUT2D eigenvalue weighted by molar-refractivity contribution is 7.17. The van der Waals surface area contributed by atoms with Gasteiger partial charge in [-0.3, -0.25) is 4.79 Å². The lowest BCUT2D eigenvalue weighted by molar-refractivity contribution is -0.126. The number of aliphatic hydroxyl groups excluding tert-OH is 1. The zero-order valence-electron chi connectivity index (χ0n) is 20.7. The van der Waals surface area contributed by atoms with Crippen molar-refractivity contribution in [2.24, 2.45) is 5.92 Å². The Kier molecular flexibility index (Phi) is 6.92. The molecule has 9 heteroatoms. The summed E-state index contributed by atoms with van der Waals surface area (Å²) in [6.07, 6.45) is 1.87. The van der Waals surface area contributed by atoms with Gasteiger partial charge in [-0.1, -0.05) is 6.07 Å². The summed E-state index contributed by atoms with van der Waals surface area (Å²) in [5.74, 6) is -0.438. The van der Waals surface area contributed by atoms with Gasteiger partial charge in [-0.05, 0) is 79.0 Å². The maximum atomic E-state index is 14.7. The molecule has 3 unspecified atom stereocenters. The number of carbonyl (C=O) groups is 1. The predicted molar refractivity (Wildman–Crippen MR) is 142 cm³/mol. The van der Waals surface area contributed by atoms with Gasteiger partial charge in [0, 0.05) is 30.0 Å². The largest absolute Gasteiger partial charge is 0.486 e. The molecule has 4 heterocycles. The molecule has 7 nitrogen and oxygen atoms in total. The Morgan fingerprint density at radius 3 is 2.84 bits per heavy atom. The van der Waals surface area contributed by atoms with Crippen molar-refractivity contribution in [3.05, 3.63) is 53.2 Å². The highest BCUT2D eigenvalue weighted by Crippen LogP contribution is 2.37. The maximum absolute atomic E-state index is 14.7. The van der Waals surface area contributed by atoms with Gasteiger partial charge >= 0.3 is 0 Å². The van der Waals surface area contributed by atoms with Crippen LogP contribution in [-0.4, -0.2) is 67.9 Å². The van der Waals surface area contributed by atoms with Crippen LogP contribution in [0.3, 0.4) is 0 Å². The van der Waals surface area contributed by atoms with E-state index in [0.29, 0.717) is 37.6 Å². The second-order valence-electron chi connectivity index (χ2n) is 10.2. The Hall–Kier alpha value is -2.88. The minimum absolute atomic E-state index is 0.0686. The molecule has 0 radical (unpaired) electrons. The predicted octanol–water partition coefficient (Wildman–Crippen LogP) is 3.95. The number of fused-ring (bicyclic) bond motifs is 2. The summed E-state index contributed by atoms with van der Waals surface area (Å²) in [6, 6.07) is 10.9. The molecule has 3 aromatic rings. The number of nitrogens with one attached hydrogen (secondary N) is 1. The van der Waals surface area contributed by atoms with Crippen molar-refractivity contribution in [2.45, 2.75) is 31.4 Å². The molecule has 2 saturated heterocycles. The number of halogens is 1. The van der Waals surface area contributed by atoms with Gasteiger partial charge in [0.25, 0.3) is 0 Å². The molecular formula is C28H32FN3O4S. The van der Waals surface area contributed by atoms with Crippen molar-refractivity contribution in [1.29, 1.82) is 0 Å². The molecule has 37 heavy (non-hydrogen) atoms. The first kappa shape index (κ1) is 24.5. The summed E-state index contributed by atoms with van der Waals surface area (Å²) in [5.41, 5.74) is 1.51. The Morgan fingerprint density at radius 1 is 1.14 bits per heavy atom. The van der Waals surface area contributed by atoms with E-state index >= 15 is 0 Å². The van der Waals surface area contributed by atoms with E-state index in [2.05, 4.69) is 44.8 Å². The molecule has 0 spiro atoms. The minimum Gasteiger partial charge on any atom is -0.486 e. The zero-order chi connectivity index (χ0) is 25.4. The lowest BCUT2D eigenvalue weighted by Gasteiger charge is -2.30. The summed E-state index contributed by atoms with van der Waals surface area (Å²) in [5, 5.41) is 17.8.